The van der Waals surface area contributed by atoms with E-state index >= 15 is 0 Å². The maximum Gasteiger partial charge on any atom is 0.225 e. The minimum atomic E-state index is -1.22. The second kappa shape index (κ2) is 5.70. The molecule has 106 valence electrons. The van der Waals surface area contributed by atoms with Crippen LogP contribution in [0.15, 0.2) is 24.3 Å². The second-order valence-electron chi connectivity index (χ2n) is 5.70. The number of nitrogens with one attached hydrogen (secondary N) is 1. The predicted molar refractivity (Wildman–Crippen MR) is 73.1 cm³/mol. The van der Waals surface area contributed by atoms with Gasteiger partial charge in [-0.3, -0.25) is 4.79 Å². The quantitative estimate of drug-likeness (QED) is 0.861. The molecule has 19 heavy (non-hydrogen) atoms. The molecule has 2 N–H and O–H groups in total. The van der Waals surface area contributed by atoms with Crippen LogP contribution in [-0.4, -0.2) is 17.6 Å². The van der Waals surface area contributed by atoms with Gasteiger partial charge >= 0.3 is 0 Å². The van der Waals surface area contributed by atoms with Gasteiger partial charge in [0.25, 0.3) is 0 Å². The van der Waals surface area contributed by atoms with Crippen LogP contribution in [0.2, 0.25) is 0 Å². The Labute approximate surface area is 113 Å². The van der Waals surface area contributed by atoms with E-state index in [1.54, 1.807) is 6.92 Å². The monoisotopic (exact) mass is 267 g/mol. The topological polar surface area (TPSA) is 49.3 Å². The Morgan fingerprint density at radius 3 is 2.26 bits per heavy atom. The lowest BCUT2D eigenvalue weighted by Crippen LogP contribution is -2.43. The fourth-order valence-corrected chi connectivity index (χ4v) is 1.56. The van der Waals surface area contributed by atoms with Crippen molar-refractivity contribution in [1.29, 1.82) is 0 Å². The summed E-state index contributed by atoms with van der Waals surface area (Å²) in [4.78, 5) is 11.9. The van der Waals surface area contributed by atoms with Crippen molar-refractivity contribution in [3.8, 4) is 0 Å². The van der Waals surface area contributed by atoms with E-state index in [0.717, 1.165) is 6.42 Å². The van der Waals surface area contributed by atoms with Gasteiger partial charge in [-0.2, -0.15) is 0 Å². The van der Waals surface area contributed by atoms with Gasteiger partial charge in [-0.05, 0) is 31.0 Å². The molecule has 4 heteroatoms. The summed E-state index contributed by atoms with van der Waals surface area (Å²) in [6, 6.07) is 5.63. The van der Waals surface area contributed by atoms with E-state index in [-0.39, 0.29) is 18.3 Å². The third kappa shape index (κ3) is 4.03. The van der Waals surface area contributed by atoms with Gasteiger partial charge in [0.1, 0.15) is 11.4 Å². The third-order valence-corrected chi connectivity index (χ3v) is 3.56. The van der Waals surface area contributed by atoms with Crippen molar-refractivity contribution in [2.24, 2.45) is 5.41 Å². The molecule has 0 heterocycles. The number of carbonyl (C=O) groups is 1. The summed E-state index contributed by atoms with van der Waals surface area (Å²) in [5.41, 5.74) is -1.10. The molecule has 0 aliphatic heterocycles. The van der Waals surface area contributed by atoms with Crippen molar-refractivity contribution in [2.45, 2.75) is 39.7 Å². The molecule has 0 fully saturated rings. The molecule has 1 amide bonds. The standard InChI is InChI=1S/C15H22FNO2/c1-5-14(2,3)13(18)17-10-15(4,19)11-6-8-12(16)9-7-11/h6-9,19H,5,10H2,1-4H3,(H,17,18). The number of hydrogen-bond acceptors (Lipinski definition) is 2. The van der Waals surface area contributed by atoms with Crippen molar-refractivity contribution >= 4 is 5.91 Å². The second-order valence-corrected chi connectivity index (χ2v) is 5.70. The van der Waals surface area contributed by atoms with E-state index in [4.69, 9.17) is 0 Å². The zero-order valence-corrected chi connectivity index (χ0v) is 12.0. The molecule has 1 aromatic carbocycles. The Morgan fingerprint density at radius 1 is 1.26 bits per heavy atom. The highest BCUT2D eigenvalue weighted by atomic mass is 19.1. The molecule has 1 unspecified atom stereocenters. The fraction of sp³-hybridized carbons (Fsp3) is 0.533. The van der Waals surface area contributed by atoms with Crippen molar-refractivity contribution in [3.63, 3.8) is 0 Å². The van der Waals surface area contributed by atoms with Crippen LogP contribution in [0.5, 0.6) is 0 Å². The lowest BCUT2D eigenvalue weighted by atomic mass is 9.88. The number of hydrogen-bond donors (Lipinski definition) is 2. The zero-order chi connectivity index (χ0) is 14.7. The molecule has 1 aromatic rings. The molecule has 0 bridgehead atoms. The van der Waals surface area contributed by atoms with Gasteiger partial charge in [-0.1, -0.05) is 32.9 Å². The van der Waals surface area contributed by atoms with E-state index in [0.29, 0.717) is 5.56 Å². The summed E-state index contributed by atoms with van der Waals surface area (Å²) in [6.07, 6.45) is 0.720. The lowest BCUT2D eigenvalue weighted by molar-refractivity contribution is -0.130. The summed E-state index contributed by atoms with van der Waals surface area (Å²) in [6.45, 7) is 7.35. The van der Waals surface area contributed by atoms with Gasteiger partial charge in [0.15, 0.2) is 0 Å². The highest BCUT2D eigenvalue weighted by Gasteiger charge is 2.29. The first-order chi connectivity index (χ1) is 8.69. The molecule has 3 nitrogen and oxygen atoms in total. The highest BCUT2D eigenvalue weighted by molar-refractivity contribution is 5.81. The molecular weight excluding hydrogens is 245 g/mol. The summed E-state index contributed by atoms with van der Waals surface area (Å²) >= 11 is 0. The Morgan fingerprint density at radius 2 is 1.79 bits per heavy atom. The number of rotatable bonds is 5. The summed E-state index contributed by atoms with van der Waals surface area (Å²) < 4.78 is 12.8. The maximum atomic E-state index is 12.8. The molecule has 0 aliphatic rings. The normalized spacial score (nSPS) is 14.8. The van der Waals surface area contributed by atoms with Crippen LogP contribution >= 0.6 is 0 Å². The van der Waals surface area contributed by atoms with Gasteiger partial charge in [0, 0.05) is 5.41 Å². The minimum absolute atomic E-state index is 0.0981. The smallest absolute Gasteiger partial charge is 0.225 e. The van der Waals surface area contributed by atoms with Gasteiger partial charge in [-0.15, -0.1) is 0 Å². The van der Waals surface area contributed by atoms with Crippen LogP contribution in [0, 0.1) is 11.2 Å². The van der Waals surface area contributed by atoms with Crippen LogP contribution < -0.4 is 5.32 Å². The summed E-state index contributed by atoms with van der Waals surface area (Å²) in [5.74, 6) is -0.451. The first-order valence-corrected chi connectivity index (χ1v) is 6.46. The van der Waals surface area contributed by atoms with Crippen molar-refractivity contribution < 1.29 is 14.3 Å². The molecule has 0 saturated carbocycles. The largest absolute Gasteiger partial charge is 0.384 e. The minimum Gasteiger partial charge on any atom is -0.384 e. The third-order valence-electron chi connectivity index (χ3n) is 3.56. The van der Waals surface area contributed by atoms with Gasteiger partial charge in [0.2, 0.25) is 5.91 Å². The van der Waals surface area contributed by atoms with Crippen molar-refractivity contribution in [1.82, 2.24) is 5.32 Å². The van der Waals surface area contributed by atoms with E-state index in [2.05, 4.69) is 5.32 Å². The van der Waals surface area contributed by atoms with Gasteiger partial charge in [-0.25, -0.2) is 4.39 Å². The number of halogens is 1. The zero-order valence-electron chi connectivity index (χ0n) is 12.0. The Balaban J connectivity index is 2.70. The van der Waals surface area contributed by atoms with E-state index < -0.39 is 11.0 Å². The number of benzene rings is 1. The van der Waals surface area contributed by atoms with Crippen LogP contribution in [0.1, 0.15) is 39.7 Å². The van der Waals surface area contributed by atoms with Crippen molar-refractivity contribution in [3.05, 3.63) is 35.6 Å². The Bertz CT molecular complexity index is 438. The number of carbonyl (C=O) groups excluding carboxylic acids is 1. The average molecular weight is 267 g/mol. The molecule has 0 spiro atoms. The molecule has 1 atom stereocenters. The number of amides is 1. The van der Waals surface area contributed by atoms with Gasteiger partial charge < -0.3 is 10.4 Å². The molecule has 0 saturated heterocycles. The Hall–Kier alpha value is -1.42. The van der Waals surface area contributed by atoms with E-state index in [1.807, 2.05) is 20.8 Å². The lowest BCUT2D eigenvalue weighted by Gasteiger charge is -2.28. The molecule has 1 rings (SSSR count). The maximum absolute atomic E-state index is 12.8. The predicted octanol–water partition coefficient (Wildman–Crippen LogP) is 2.59. The molecule has 0 radical (unpaired) electrons. The van der Waals surface area contributed by atoms with Crippen LogP contribution in [0.25, 0.3) is 0 Å². The Kier molecular flexibility index (Phi) is 4.69. The summed E-state index contributed by atoms with van der Waals surface area (Å²) in [5, 5.41) is 13.1. The molecule has 0 aromatic heterocycles. The molecular formula is C15H22FNO2. The summed E-state index contributed by atoms with van der Waals surface area (Å²) in [7, 11) is 0. The average Bonchev–Trinajstić information content (AvgIpc) is 2.36. The van der Waals surface area contributed by atoms with Crippen molar-refractivity contribution in [2.75, 3.05) is 6.54 Å². The van der Waals surface area contributed by atoms with E-state index in [9.17, 15) is 14.3 Å². The van der Waals surface area contributed by atoms with Crippen LogP contribution in [0.4, 0.5) is 4.39 Å². The molecule has 0 aliphatic carbocycles. The highest BCUT2D eigenvalue weighted by Crippen LogP contribution is 2.22. The first kappa shape index (κ1) is 15.6. The van der Waals surface area contributed by atoms with Gasteiger partial charge in [0.05, 0.1) is 6.54 Å². The van der Waals surface area contributed by atoms with Crippen LogP contribution in [0.3, 0.4) is 0 Å². The first-order valence-electron chi connectivity index (χ1n) is 6.46. The van der Waals surface area contributed by atoms with Crippen LogP contribution in [-0.2, 0) is 10.4 Å². The van der Waals surface area contributed by atoms with E-state index in [1.165, 1.54) is 24.3 Å². The fourth-order valence-electron chi connectivity index (χ4n) is 1.56. The SMILES string of the molecule is CCC(C)(C)C(=O)NCC(C)(O)c1ccc(F)cc1. The number of aliphatic hydroxyl groups is 1.